The van der Waals surface area contributed by atoms with Crippen molar-refractivity contribution in [2.45, 2.75) is 83.2 Å². The number of nitro benzene ring substituents is 1. The highest BCUT2D eigenvalue weighted by Gasteiger charge is 2.50. The molecule has 13 heteroatoms. The number of anilines is 2. The zero-order valence-electron chi connectivity index (χ0n) is 34.7. The van der Waals surface area contributed by atoms with Gasteiger partial charge in [0.05, 0.1) is 16.7 Å². The second-order valence-electron chi connectivity index (χ2n) is 18.3. The van der Waals surface area contributed by atoms with Gasteiger partial charge in [0.1, 0.15) is 22.8 Å². The van der Waals surface area contributed by atoms with Crippen LogP contribution in [-0.2, 0) is 0 Å². The van der Waals surface area contributed by atoms with E-state index in [-0.39, 0.29) is 16.8 Å². The number of aromatic nitrogens is 2. The van der Waals surface area contributed by atoms with Crippen LogP contribution in [0, 0.1) is 20.9 Å². The number of nitrogens with one attached hydrogen (secondary N) is 2. The molecule has 0 bridgehead atoms. The Morgan fingerprint density at radius 1 is 1.05 bits per heavy atom. The number of carbonyl (C=O) groups excluding carboxylic acids is 1. The number of benzene rings is 3. The van der Waals surface area contributed by atoms with E-state index in [1.807, 2.05) is 30.5 Å². The predicted molar refractivity (Wildman–Crippen MR) is 236 cm³/mol. The summed E-state index contributed by atoms with van der Waals surface area (Å²) < 4.78 is 9.26. The zero-order chi connectivity index (χ0) is 41.5. The van der Waals surface area contributed by atoms with Crippen LogP contribution in [0.2, 0.25) is 0 Å². The number of ether oxygens (including phenoxy) is 1. The van der Waals surface area contributed by atoms with Crippen molar-refractivity contribution in [1.82, 2.24) is 24.5 Å². The first-order valence-corrected chi connectivity index (χ1v) is 21.6. The number of H-pyrrole nitrogens is 1. The van der Waals surface area contributed by atoms with Crippen LogP contribution in [0.3, 0.4) is 0 Å². The Hall–Kier alpha value is -5.11. The van der Waals surface area contributed by atoms with Crippen molar-refractivity contribution in [3.63, 3.8) is 0 Å². The molecule has 2 aromatic heterocycles. The van der Waals surface area contributed by atoms with Crippen molar-refractivity contribution in [3.05, 3.63) is 112 Å². The number of piperidine rings is 1. The monoisotopic (exact) mass is 816 g/mol. The summed E-state index contributed by atoms with van der Waals surface area (Å²) in [4.78, 5) is 40.7. The van der Waals surface area contributed by atoms with Crippen LogP contribution in [0.4, 0.5) is 17.1 Å². The topological polar surface area (TPSA) is 146 Å². The Morgan fingerprint density at radius 2 is 1.83 bits per heavy atom. The van der Waals surface area contributed by atoms with Crippen LogP contribution in [-0.4, -0.2) is 75.9 Å². The lowest BCUT2D eigenvalue weighted by molar-refractivity contribution is -0.384. The third-order valence-electron chi connectivity index (χ3n) is 12.4. The smallest absolute Gasteiger partial charge is 0.293 e. The fourth-order valence-electron chi connectivity index (χ4n) is 9.53. The summed E-state index contributed by atoms with van der Waals surface area (Å²) in [5, 5.41) is 12.3. The number of hydrogen-bond acceptors (Lipinski definition) is 10. The molecular formula is C46H56N8O4S. The molecule has 3 aliphatic rings. The number of carbonyl (C=O) groups is 1. The second-order valence-corrected chi connectivity index (χ2v) is 19.1. The molecular weight excluding hydrogens is 761 g/mol. The van der Waals surface area contributed by atoms with Crippen molar-refractivity contribution in [1.29, 1.82) is 0 Å². The normalized spacial score (nSPS) is 18.9. The maximum absolute atomic E-state index is 13.7. The number of hydrogen-bond donors (Lipinski definition) is 3. The van der Waals surface area contributed by atoms with E-state index in [2.05, 4.69) is 88.3 Å². The van der Waals surface area contributed by atoms with Gasteiger partial charge in [-0.3, -0.25) is 29.4 Å². The molecule has 1 aliphatic carbocycles. The zero-order valence-corrected chi connectivity index (χ0v) is 35.6. The number of nitrogen functional groups attached to an aromatic ring is 1. The van der Waals surface area contributed by atoms with E-state index >= 15 is 0 Å². The van der Waals surface area contributed by atoms with Gasteiger partial charge >= 0.3 is 0 Å². The average Bonchev–Trinajstić information content (AvgIpc) is 3.67. The lowest BCUT2D eigenvalue weighted by atomic mass is 9.59. The summed E-state index contributed by atoms with van der Waals surface area (Å²) in [6.45, 7) is 18.0. The maximum Gasteiger partial charge on any atom is 0.293 e. The second kappa shape index (κ2) is 16.5. The van der Waals surface area contributed by atoms with Gasteiger partial charge in [0.15, 0.2) is 0 Å². The summed E-state index contributed by atoms with van der Waals surface area (Å²) in [7, 11) is 0. The van der Waals surface area contributed by atoms with E-state index in [4.69, 9.17) is 10.5 Å². The molecule has 12 nitrogen and oxygen atoms in total. The van der Waals surface area contributed by atoms with Gasteiger partial charge in [-0.05, 0) is 102 Å². The van der Waals surface area contributed by atoms with E-state index < -0.39 is 10.8 Å². The number of piperazine rings is 1. The lowest BCUT2D eigenvalue weighted by Crippen LogP contribution is -2.60. The molecule has 3 fully saturated rings. The van der Waals surface area contributed by atoms with Crippen LogP contribution in [0.15, 0.2) is 90.1 Å². The van der Waals surface area contributed by atoms with Crippen molar-refractivity contribution < 1.29 is 14.5 Å². The average molecular weight is 817 g/mol. The first-order valence-electron chi connectivity index (χ1n) is 20.8. The third-order valence-corrected chi connectivity index (χ3v) is 13.2. The molecule has 1 unspecified atom stereocenters. The Bertz CT molecular complexity index is 2320. The maximum atomic E-state index is 13.7. The molecule has 1 amide bonds. The molecule has 4 heterocycles. The Kier molecular flexibility index (Phi) is 11.4. The molecule has 310 valence electrons. The summed E-state index contributed by atoms with van der Waals surface area (Å²) >= 11 is 0.988. The highest BCUT2D eigenvalue weighted by Crippen LogP contribution is 2.53. The fraction of sp³-hybridized carbons (Fsp3) is 0.435. The number of aromatic amines is 1. The van der Waals surface area contributed by atoms with Crippen LogP contribution in [0.25, 0.3) is 11.0 Å². The van der Waals surface area contributed by atoms with Gasteiger partial charge in [0.2, 0.25) is 0 Å². The first-order chi connectivity index (χ1) is 28.2. The van der Waals surface area contributed by atoms with Crippen molar-refractivity contribution in [2.24, 2.45) is 10.8 Å². The first kappa shape index (κ1) is 40.7. The van der Waals surface area contributed by atoms with Gasteiger partial charge in [-0.25, -0.2) is 4.98 Å². The van der Waals surface area contributed by atoms with Crippen LogP contribution < -0.4 is 20.1 Å². The van der Waals surface area contributed by atoms with E-state index in [1.54, 1.807) is 18.3 Å². The van der Waals surface area contributed by atoms with E-state index in [1.165, 1.54) is 36.1 Å². The third kappa shape index (κ3) is 8.92. The molecule has 0 radical (unpaired) electrons. The summed E-state index contributed by atoms with van der Waals surface area (Å²) in [5.74, 6) is 1.01. The highest BCUT2D eigenvalue weighted by molar-refractivity contribution is 7.98. The number of nitrogens with two attached hydrogens (primary N) is 1. The summed E-state index contributed by atoms with van der Waals surface area (Å²) in [6.07, 6.45) is 8.18. The standard InChI is InChI=1S/C46H56N8O4S/c1-30(2)36-8-6-7-9-37(36)41-28-51(29-45(3,4)5)20-21-53(41)33-25-46(26-33)15-18-52(19-16-46)32-10-12-38(42(23-32)58-34-22-31-14-17-48-43(31)49-27-34)44(55)50-59-35-11-13-39(47)40(24-35)54(56)57/h6-14,17,22-24,27,30,33,41H,15-16,18-21,25-26,28-29,47H2,1-5H3,(H,48,49)(H,50,55). The molecule has 2 aliphatic heterocycles. The predicted octanol–water partition coefficient (Wildman–Crippen LogP) is 9.56. The summed E-state index contributed by atoms with van der Waals surface area (Å²) in [6, 6.07) is 24.1. The van der Waals surface area contributed by atoms with Gasteiger partial charge < -0.3 is 20.4 Å². The van der Waals surface area contributed by atoms with Gasteiger partial charge in [0, 0.05) is 85.7 Å². The summed E-state index contributed by atoms with van der Waals surface area (Å²) in [5.41, 5.74) is 11.3. The van der Waals surface area contributed by atoms with E-state index in [9.17, 15) is 14.9 Å². The number of pyridine rings is 1. The molecule has 59 heavy (non-hydrogen) atoms. The number of nitro groups is 1. The van der Waals surface area contributed by atoms with Crippen LogP contribution in [0.1, 0.15) is 93.7 Å². The van der Waals surface area contributed by atoms with Gasteiger partial charge in [-0.15, -0.1) is 0 Å². The quantitative estimate of drug-likeness (QED) is 0.0510. The molecule has 4 N–H and O–H groups in total. The Balaban J connectivity index is 0.966. The molecule has 1 spiro atoms. The Morgan fingerprint density at radius 3 is 2.58 bits per heavy atom. The molecule has 3 aromatic carbocycles. The van der Waals surface area contributed by atoms with E-state index in [0.717, 1.165) is 80.8 Å². The minimum Gasteiger partial charge on any atom is -0.455 e. The minimum absolute atomic E-state index is 0.0627. The molecule has 8 rings (SSSR count). The van der Waals surface area contributed by atoms with Crippen molar-refractivity contribution >= 4 is 46.0 Å². The number of rotatable bonds is 11. The number of fused-ring (bicyclic) bond motifs is 1. The molecule has 2 saturated heterocycles. The Labute approximate surface area is 351 Å². The fourth-order valence-corrected chi connectivity index (χ4v) is 10.2. The highest BCUT2D eigenvalue weighted by atomic mass is 32.2. The minimum atomic E-state index is -0.535. The lowest BCUT2D eigenvalue weighted by Gasteiger charge is -2.58. The van der Waals surface area contributed by atoms with Gasteiger partial charge in [-0.2, -0.15) is 0 Å². The number of nitrogens with zero attached hydrogens (tertiary/aromatic N) is 5. The van der Waals surface area contributed by atoms with Crippen LogP contribution in [0.5, 0.6) is 11.5 Å². The van der Waals surface area contributed by atoms with Crippen LogP contribution >= 0.6 is 11.9 Å². The van der Waals surface area contributed by atoms with Crippen molar-refractivity contribution in [2.75, 3.05) is 49.9 Å². The van der Waals surface area contributed by atoms with E-state index in [0.29, 0.717) is 45.4 Å². The van der Waals surface area contributed by atoms with Gasteiger partial charge in [-0.1, -0.05) is 58.9 Å². The molecule has 1 saturated carbocycles. The van der Waals surface area contributed by atoms with Crippen molar-refractivity contribution in [3.8, 4) is 11.5 Å². The van der Waals surface area contributed by atoms with Gasteiger partial charge in [0.25, 0.3) is 11.6 Å². The number of amides is 1. The molecule has 1 atom stereocenters. The largest absolute Gasteiger partial charge is 0.455 e. The SMILES string of the molecule is CC(C)c1ccccc1C1CN(CC(C)(C)C)CCN1C1CC2(CCN(c3ccc(C(=O)NSc4ccc(N)c([N+](=O)[O-])c4)c(Oc4cnc5[nH]ccc5c4)c3)CC2)C1. The molecule has 5 aromatic rings.